The minimum absolute atomic E-state index is 0.152. The number of amides is 1. The van der Waals surface area contributed by atoms with Gasteiger partial charge < -0.3 is 9.73 Å². The Kier molecular flexibility index (Phi) is 4.01. The first-order valence-corrected chi connectivity index (χ1v) is 9.66. The van der Waals surface area contributed by atoms with E-state index in [1.165, 1.54) is 0 Å². The molecule has 140 valence electrons. The smallest absolute Gasteiger partial charge is 0.272 e. The number of benzene rings is 2. The topological polar surface area (TPSA) is 60.1 Å². The summed E-state index contributed by atoms with van der Waals surface area (Å²) in [5.41, 5.74) is 4.56. The van der Waals surface area contributed by atoms with Crippen LogP contribution in [0.5, 0.6) is 0 Å². The largest absolute Gasteiger partial charge is 0.459 e. The molecule has 5 nitrogen and oxygen atoms in total. The summed E-state index contributed by atoms with van der Waals surface area (Å²) in [6.45, 7) is 1.93. The van der Waals surface area contributed by atoms with Crippen LogP contribution in [-0.4, -0.2) is 15.7 Å². The Morgan fingerprint density at radius 2 is 1.89 bits per heavy atom. The van der Waals surface area contributed by atoms with Gasteiger partial charge in [-0.05, 0) is 50.5 Å². The number of fused-ring (bicyclic) bond motifs is 2. The van der Waals surface area contributed by atoms with E-state index in [1.807, 2.05) is 72.3 Å². The molecule has 2 heterocycles. The van der Waals surface area contributed by atoms with Gasteiger partial charge in [0, 0.05) is 16.6 Å². The SMILES string of the molecule is CC(NC(=O)c1nn(-c2ccccc2)c2c1CCC2)c1cc2ccccc2o1. The normalized spacial score (nSPS) is 14.2. The molecular formula is C23H21N3O2. The van der Waals surface area contributed by atoms with E-state index in [9.17, 15) is 4.79 Å². The fraction of sp³-hybridized carbons (Fsp3) is 0.217. The lowest BCUT2D eigenvalue weighted by Crippen LogP contribution is -2.27. The number of nitrogens with one attached hydrogen (secondary N) is 1. The number of para-hydroxylation sites is 2. The van der Waals surface area contributed by atoms with Crippen molar-refractivity contribution in [2.45, 2.75) is 32.2 Å². The lowest BCUT2D eigenvalue weighted by atomic mass is 10.1. The zero-order valence-corrected chi connectivity index (χ0v) is 15.7. The van der Waals surface area contributed by atoms with Gasteiger partial charge in [-0.2, -0.15) is 5.10 Å². The lowest BCUT2D eigenvalue weighted by Gasteiger charge is -2.10. The summed E-state index contributed by atoms with van der Waals surface area (Å²) < 4.78 is 7.81. The number of nitrogens with zero attached hydrogens (tertiary/aromatic N) is 2. The summed E-state index contributed by atoms with van der Waals surface area (Å²) in [6.07, 6.45) is 2.90. The molecule has 0 radical (unpaired) electrons. The van der Waals surface area contributed by atoms with Gasteiger partial charge in [-0.15, -0.1) is 0 Å². The summed E-state index contributed by atoms with van der Waals surface area (Å²) in [6, 6.07) is 19.6. The predicted octanol–water partition coefficient (Wildman–Crippen LogP) is 4.60. The summed E-state index contributed by atoms with van der Waals surface area (Å²) in [5, 5.41) is 8.76. The van der Waals surface area contributed by atoms with Crippen LogP contribution in [0.1, 0.15) is 46.9 Å². The van der Waals surface area contributed by atoms with Crippen LogP contribution in [-0.2, 0) is 12.8 Å². The van der Waals surface area contributed by atoms with E-state index in [2.05, 4.69) is 10.4 Å². The molecule has 1 aliphatic rings. The molecule has 0 fully saturated rings. The average Bonchev–Trinajstić information content (AvgIpc) is 3.43. The third kappa shape index (κ3) is 2.80. The number of hydrogen-bond acceptors (Lipinski definition) is 3. The minimum atomic E-state index is -0.237. The minimum Gasteiger partial charge on any atom is -0.459 e. The first kappa shape index (κ1) is 16.8. The van der Waals surface area contributed by atoms with E-state index in [1.54, 1.807) is 0 Å². The maximum absolute atomic E-state index is 13.0. The van der Waals surface area contributed by atoms with Crippen LogP contribution in [0.25, 0.3) is 16.7 Å². The lowest BCUT2D eigenvalue weighted by molar-refractivity contribution is 0.0929. The summed E-state index contributed by atoms with van der Waals surface area (Å²) >= 11 is 0. The third-order valence-corrected chi connectivity index (χ3v) is 5.37. The van der Waals surface area contributed by atoms with Gasteiger partial charge in [-0.3, -0.25) is 4.79 Å². The van der Waals surface area contributed by atoms with Crippen molar-refractivity contribution in [2.24, 2.45) is 0 Å². The van der Waals surface area contributed by atoms with Crippen LogP contribution in [0, 0.1) is 0 Å². The molecule has 1 aliphatic carbocycles. The zero-order valence-electron chi connectivity index (χ0n) is 15.7. The molecule has 4 aromatic rings. The maximum Gasteiger partial charge on any atom is 0.272 e. The molecule has 1 unspecified atom stereocenters. The second-order valence-electron chi connectivity index (χ2n) is 7.26. The Balaban J connectivity index is 1.44. The van der Waals surface area contributed by atoms with E-state index in [-0.39, 0.29) is 11.9 Å². The van der Waals surface area contributed by atoms with E-state index >= 15 is 0 Å². The zero-order chi connectivity index (χ0) is 19.1. The molecule has 5 heteroatoms. The number of rotatable bonds is 4. The van der Waals surface area contributed by atoms with Crippen molar-refractivity contribution in [1.82, 2.24) is 15.1 Å². The second-order valence-corrected chi connectivity index (χ2v) is 7.26. The molecule has 28 heavy (non-hydrogen) atoms. The van der Waals surface area contributed by atoms with E-state index in [0.29, 0.717) is 5.69 Å². The van der Waals surface area contributed by atoms with Crippen LogP contribution < -0.4 is 5.32 Å². The van der Waals surface area contributed by atoms with Crippen molar-refractivity contribution in [3.8, 4) is 5.69 Å². The van der Waals surface area contributed by atoms with Crippen molar-refractivity contribution in [3.05, 3.63) is 83.4 Å². The molecule has 0 saturated carbocycles. The molecule has 0 aliphatic heterocycles. The molecule has 1 amide bonds. The number of hydrogen-bond donors (Lipinski definition) is 1. The highest BCUT2D eigenvalue weighted by atomic mass is 16.3. The van der Waals surface area contributed by atoms with Gasteiger partial charge in [0.15, 0.2) is 5.69 Å². The number of carbonyl (C=O) groups excluding carboxylic acids is 1. The van der Waals surface area contributed by atoms with Gasteiger partial charge in [0.25, 0.3) is 5.91 Å². The number of carbonyl (C=O) groups is 1. The van der Waals surface area contributed by atoms with E-state index in [4.69, 9.17) is 4.42 Å². The fourth-order valence-electron chi connectivity index (χ4n) is 3.95. The molecule has 0 saturated heterocycles. The van der Waals surface area contributed by atoms with Crippen LogP contribution in [0.3, 0.4) is 0 Å². The van der Waals surface area contributed by atoms with Crippen LogP contribution in [0.4, 0.5) is 0 Å². The Labute approximate surface area is 163 Å². The maximum atomic E-state index is 13.0. The Morgan fingerprint density at radius 3 is 2.71 bits per heavy atom. The fourth-order valence-corrected chi connectivity index (χ4v) is 3.95. The summed E-state index contributed by atoms with van der Waals surface area (Å²) in [5.74, 6) is 0.592. The van der Waals surface area contributed by atoms with Gasteiger partial charge in [0.05, 0.1) is 11.7 Å². The third-order valence-electron chi connectivity index (χ3n) is 5.37. The second kappa shape index (κ2) is 6.68. The molecule has 5 rings (SSSR count). The predicted molar refractivity (Wildman–Crippen MR) is 108 cm³/mol. The molecule has 1 N–H and O–H groups in total. The van der Waals surface area contributed by atoms with Gasteiger partial charge in [0.2, 0.25) is 0 Å². The number of furan rings is 1. The highest BCUT2D eigenvalue weighted by molar-refractivity contribution is 5.94. The van der Waals surface area contributed by atoms with Crippen molar-refractivity contribution in [2.75, 3.05) is 0 Å². The first-order chi connectivity index (χ1) is 13.7. The Morgan fingerprint density at radius 1 is 1.11 bits per heavy atom. The Hall–Kier alpha value is -3.34. The monoisotopic (exact) mass is 371 g/mol. The molecule has 1 atom stereocenters. The average molecular weight is 371 g/mol. The molecular weight excluding hydrogens is 350 g/mol. The molecule has 0 bridgehead atoms. The highest BCUT2D eigenvalue weighted by Gasteiger charge is 2.28. The van der Waals surface area contributed by atoms with Crippen molar-refractivity contribution in [1.29, 1.82) is 0 Å². The van der Waals surface area contributed by atoms with Crippen LogP contribution in [0.2, 0.25) is 0 Å². The quantitative estimate of drug-likeness (QED) is 0.570. The first-order valence-electron chi connectivity index (χ1n) is 9.66. The number of aromatic nitrogens is 2. The summed E-state index contributed by atoms with van der Waals surface area (Å²) in [4.78, 5) is 13.0. The van der Waals surface area contributed by atoms with Crippen molar-refractivity contribution in [3.63, 3.8) is 0 Å². The van der Waals surface area contributed by atoms with E-state index < -0.39 is 0 Å². The highest BCUT2D eigenvalue weighted by Crippen LogP contribution is 2.29. The van der Waals surface area contributed by atoms with Crippen LogP contribution >= 0.6 is 0 Å². The van der Waals surface area contributed by atoms with Crippen LogP contribution in [0.15, 0.2) is 65.1 Å². The summed E-state index contributed by atoms with van der Waals surface area (Å²) in [7, 11) is 0. The van der Waals surface area contributed by atoms with Gasteiger partial charge >= 0.3 is 0 Å². The molecule has 2 aromatic heterocycles. The van der Waals surface area contributed by atoms with Gasteiger partial charge in [-0.25, -0.2) is 4.68 Å². The standard InChI is InChI=1S/C23H21N3O2/c1-15(21-14-16-8-5-6-13-20(16)28-21)24-23(27)22-18-11-7-12-19(18)26(25-22)17-9-3-2-4-10-17/h2-6,8-10,13-15H,7,11-12H2,1H3,(H,24,27). The van der Waals surface area contributed by atoms with Crippen molar-refractivity contribution < 1.29 is 9.21 Å². The molecule has 0 spiro atoms. The van der Waals surface area contributed by atoms with E-state index in [0.717, 1.165) is 52.9 Å². The van der Waals surface area contributed by atoms with Gasteiger partial charge in [0.1, 0.15) is 11.3 Å². The van der Waals surface area contributed by atoms with Gasteiger partial charge in [-0.1, -0.05) is 36.4 Å². The molecule has 2 aromatic carbocycles. The Bertz CT molecular complexity index is 1120. The van der Waals surface area contributed by atoms with Crippen molar-refractivity contribution >= 4 is 16.9 Å².